The molecule has 1 rings (SSSR count). The number of carbonyl (C=O) groups is 1. The predicted octanol–water partition coefficient (Wildman–Crippen LogP) is 2.75. The Morgan fingerprint density at radius 3 is 2.32 bits per heavy atom. The first-order valence-corrected chi connectivity index (χ1v) is 8.53. The van der Waals surface area contributed by atoms with Gasteiger partial charge in [-0.05, 0) is 33.6 Å². The summed E-state index contributed by atoms with van der Waals surface area (Å²) in [5.41, 5.74) is 0. The Bertz CT molecular complexity index is 326. The van der Waals surface area contributed by atoms with Gasteiger partial charge in [-0.1, -0.05) is 19.3 Å². The number of hydrogen-bond donors (Lipinski definition) is 2. The van der Waals surface area contributed by atoms with Gasteiger partial charge in [-0.2, -0.15) is 0 Å². The van der Waals surface area contributed by atoms with E-state index in [1.807, 2.05) is 18.7 Å². The maximum Gasteiger partial charge on any atom is 0.224 e. The Kier molecular flexibility index (Phi) is 12.6. The Morgan fingerprint density at radius 1 is 1.14 bits per heavy atom. The van der Waals surface area contributed by atoms with Crippen LogP contribution in [0, 0.1) is 0 Å². The summed E-state index contributed by atoms with van der Waals surface area (Å²) in [6.45, 7) is 9.05. The highest BCUT2D eigenvalue weighted by atomic mass is 127. The average molecular weight is 424 g/mol. The van der Waals surface area contributed by atoms with Crippen LogP contribution in [0.3, 0.4) is 0 Å². The molecule has 22 heavy (non-hydrogen) atoms. The number of nitrogens with one attached hydrogen (secondary N) is 2. The second-order valence-electron chi connectivity index (χ2n) is 5.56. The minimum atomic E-state index is 0. The zero-order valence-electron chi connectivity index (χ0n) is 14.4. The first kappa shape index (κ1) is 21.5. The minimum absolute atomic E-state index is 0. The van der Waals surface area contributed by atoms with Crippen LogP contribution in [0.2, 0.25) is 0 Å². The Hall–Kier alpha value is -0.530. The summed E-state index contributed by atoms with van der Waals surface area (Å²) in [7, 11) is 0. The Labute approximate surface area is 152 Å². The first-order valence-electron chi connectivity index (χ1n) is 8.53. The summed E-state index contributed by atoms with van der Waals surface area (Å²) in [6, 6.07) is 0.537. The van der Waals surface area contributed by atoms with E-state index in [4.69, 9.17) is 0 Å². The third-order valence-corrected chi connectivity index (χ3v) is 4.00. The largest absolute Gasteiger partial charge is 0.357 e. The van der Waals surface area contributed by atoms with Crippen LogP contribution in [0.4, 0.5) is 0 Å². The molecule has 0 spiro atoms. The molecule has 2 N–H and O–H groups in total. The van der Waals surface area contributed by atoms with Gasteiger partial charge in [0.1, 0.15) is 0 Å². The topological polar surface area (TPSA) is 56.7 Å². The maximum atomic E-state index is 12.0. The van der Waals surface area contributed by atoms with Gasteiger partial charge in [0, 0.05) is 32.1 Å². The van der Waals surface area contributed by atoms with Crippen LogP contribution < -0.4 is 10.6 Å². The number of aliphatic imine (C=N–C) groups is 1. The zero-order chi connectivity index (χ0) is 15.5. The van der Waals surface area contributed by atoms with E-state index in [1.54, 1.807) is 0 Å². The molecule has 0 aromatic heterocycles. The van der Waals surface area contributed by atoms with E-state index < -0.39 is 0 Å². The molecule has 0 aromatic carbocycles. The smallest absolute Gasteiger partial charge is 0.224 e. The first-order chi connectivity index (χ1) is 10.2. The summed E-state index contributed by atoms with van der Waals surface area (Å²) in [4.78, 5) is 18.4. The molecule has 1 fully saturated rings. The van der Waals surface area contributed by atoms with Crippen molar-refractivity contribution in [2.75, 3.05) is 26.2 Å². The summed E-state index contributed by atoms with van der Waals surface area (Å²) in [5, 5.41) is 6.78. The van der Waals surface area contributed by atoms with Crippen LogP contribution >= 0.6 is 24.0 Å². The Balaban J connectivity index is 0.00000441. The molecular formula is C16H33IN4O. The van der Waals surface area contributed by atoms with Crippen molar-refractivity contribution < 1.29 is 4.79 Å². The number of guanidine groups is 1. The van der Waals surface area contributed by atoms with Crippen molar-refractivity contribution >= 4 is 35.8 Å². The summed E-state index contributed by atoms with van der Waals surface area (Å²) in [6.07, 6.45) is 6.90. The fraction of sp³-hybridized carbons (Fsp3) is 0.875. The van der Waals surface area contributed by atoms with Gasteiger partial charge < -0.3 is 15.5 Å². The van der Waals surface area contributed by atoms with E-state index in [9.17, 15) is 4.79 Å². The van der Waals surface area contributed by atoms with Crippen molar-refractivity contribution in [1.82, 2.24) is 15.5 Å². The molecule has 1 aliphatic rings. The third kappa shape index (κ3) is 8.19. The SMILES string of the molecule is CCNC(=NCCC(=O)N(CC)CC)NC1CCCCC1.I. The van der Waals surface area contributed by atoms with Gasteiger partial charge in [0.25, 0.3) is 0 Å². The minimum Gasteiger partial charge on any atom is -0.357 e. The third-order valence-electron chi connectivity index (χ3n) is 4.00. The predicted molar refractivity (Wildman–Crippen MR) is 104 cm³/mol. The molecule has 1 aliphatic carbocycles. The Morgan fingerprint density at radius 2 is 1.77 bits per heavy atom. The van der Waals surface area contributed by atoms with Gasteiger partial charge in [0.15, 0.2) is 5.96 Å². The zero-order valence-corrected chi connectivity index (χ0v) is 16.7. The highest BCUT2D eigenvalue weighted by Crippen LogP contribution is 2.17. The summed E-state index contributed by atoms with van der Waals surface area (Å²) < 4.78 is 0. The van der Waals surface area contributed by atoms with Crippen molar-refractivity contribution in [3.63, 3.8) is 0 Å². The van der Waals surface area contributed by atoms with Crippen molar-refractivity contribution in [2.24, 2.45) is 4.99 Å². The quantitative estimate of drug-likeness (QED) is 0.376. The second-order valence-corrected chi connectivity index (χ2v) is 5.56. The van der Waals surface area contributed by atoms with Crippen LogP contribution in [-0.4, -0.2) is 49.0 Å². The molecule has 0 bridgehead atoms. The highest BCUT2D eigenvalue weighted by molar-refractivity contribution is 14.0. The van der Waals surface area contributed by atoms with E-state index in [2.05, 4.69) is 22.5 Å². The standard InChI is InChI=1S/C16H32N4O.HI/c1-4-17-16(19-14-10-8-7-9-11-14)18-13-12-15(21)20(5-2)6-3;/h14H,4-13H2,1-3H3,(H2,17,18,19);1H. The van der Waals surface area contributed by atoms with Crippen LogP contribution in [0.1, 0.15) is 59.3 Å². The van der Waals surface area contributed by atoms with Crippen molar-refractivity contribution in [2.45, 2.75) is 65.3 Å². The average Bonchev–Trinajstić information content (AvgIpc) is 2.49. The van der Waals surface area contributed by atoms with Crippen LogP contribution in [0.5, 0.6) is 0 Å². The number of nitrogens with zero attached hydrogens (tertiary/aromatic N) is 2. The van der Waals surface area contributed by atoms with Gasteiger partial charge in [0.2, 0.25) is 5.91 Å². The van der Waals surface area contributed by atoms with E-state index in [-0.39, 0.29) is 29.9 Å². The number of rotatable bonds is 7. The van der Waals surface area contributed by atoms with Gasteiger partial charge in [-0.3, -0.25) is 9.79 Å². The molecule has 0 atom stereocenters. The van der Waals surface area contributed by atoms with E-state index in [0.29, 0.717) is 19.0 Å². The molecule has 0 aliphatic heterocycles. The monoisotopic (exact) mass is 424 g/mol. The molecule has 1 amide bonds. The molecule has 6 heteroatoms. The van der Waals surface area contributed by atoms with Crippen LogP contribution in [-0.2, 0) is 4.79 Å². The second kappa shape index (κ2) is 13.0. The van der Waals surface area contributed by atoms with E-state index in [1.165, 1.54) is 32.1 Å². The van der Waals surface area contributed by atoms with Gasteiger partial charge in [0.05, 0.1) is 6.54 Å². The lowest BCUT2D eigenvalue weighted by molar-refractivity contribution is -0.130. The number of carbonyl (C=O) groups excluding carboxylic acids is 1. The number of amides is 1. The fourth-order valence-electron chi connectivity index (χ4n) is 2.76. The van der Waals surface area contributed by atoms with Crippen molar-refractivity contribution in [3.05, 3.63) is 0 Å². The van der Waals surface area contributed by atoms with Crippen molar-refractivity contribution in [1.29, 1.82) is 0 Å². The molecule has 130 valence electrons. The lowest BCUT2D eigenvalue weighted by Crippen LogP contribution is -2.44. The van der Waals surface area contributed by atoms with Gasteiger partial charge >= 0.3 is 0 Å². The maximum absolute atomic E-state index is 12.0. The van der Waals surface area contributed by atoms with Gasteiger partial charge in [-0.25, -0.2) is 0 Å². The molecule has 0 heterocycles. The van der Waals surface area contributed by atoms with Crippen molar-refractivity contribution in [3.8, 4) is 0 Å². The number of hydrogen-bond acceptors (Lipinski definition) is 2. The molecule has 0 saturated heterocycles. The molecule has 0 unspecified atom stereocenters. The molecule has 5 nitrogen and oxygen atoms in total. The summed E-state index contributed by atoms with van der Waals surface area (Å²) in [5.74, 6) is 1.05. The van der Waals surface area contributed by atoms with Crippen LogP contribution in [0.25, 0.3) is 0 Å². The molecule has 0 radical (unpaired) electrons. The lowest BCUT2D eigenvalue weighted by atomic mass is 9.96. The lowest BCUT2D eigenvalue weighted by Gasteiger charge is -2.25. The molecule has 0 aromatic rings. The normalized spacial score (nSPS) is 15.9. The van der Waals surface area contributed by atoms with E-state index in [0.717, 1.165) is 25.6 Å². The number of halogens is 1. The van der Waals surface area contributed by atoms with E-state index >= 15 is 0 Å². The molecule has 1 saturated carbocycles. The van der Waals surface area contributed by atoms with Gasteiger partial charge in [-0.15, -0.1) is 24.0 Å². The fourth-order valence-corrected chi connectivity index (χ4v) is 2.76. The van der Waals surface area contributed by atoms with Crippen LogP contribution in [0.15, 0.2) is 4.99 Å². The highest BCUT2D eigenvalue weighted by Gasteiger charge is 2.14. The summed E-state index contributed by atoms with van der Waals surface area (Å²) >= 11 is 0. The molecular weight excluding hydrogens is 391 g/mol.